The van der Waals surface area contributed by atoms with Crippen molar-refractivity contribution < 1.29 is 26.9 Å². The summed E-state index contributed by atoms with van der Waals surface area (Å²) in [7, 11) is -2.16. The predicted molar refractivity (Wildman–Crippen MR) is 152 cm³/mol. The van der Waals surface area contributed by atoms with E-state index in [1.54, 1.807) is 25.2 Å². The summed E-state index contributed by atoms with van der Waals surface area (Å²) in [5, 5.41) is 0.924. The smallest absolute Gasteiger partial charge is 0.414 e. The summed E-state index contributed by atoms with van der Waals surface area (Å²) in [5.74, 6) is 0.376. The molecule has 0 atom stereocenters. The van der Waals surface area contributed by atoms with Crippen LogP contribution in [0.3, 0.4) is 0 Å². The van der Waals surface area contributed by atoms with Crippen molar-refractivity contribution in [3.05, 3.63) is 84.4 Å². The first-order valence-electron chi connectivity index (χ1n) is 12.5. The summed E-state index contributed by atoms with van der Waals surface area (Å²) in [6.07, 6.45) is -0.412. The maximum atomic E-state index is 12.3. The van der Waals surface area contributed by atoms with Gasteiger partial charge in [-0.25, -0.2) is 9.78 Å². The summed E-state index contributed by atoms with van der Waals surface area (Å²) in [4.78, 5) is 18.4. The molecule has 3 aromatic carbocycles. The highest BCUT2D eigenvalue weighted by molar-refractivity contribution is 7.86. The fourth-order valence-electron chi connectivity index (χ4n) is 3.74. The van der Waals surface area contributed by atoms with E-state index in [0.29, 0.717) is 5.88 Å². The highest BCUT2D eigenvalue weighted by atomic mass is 32.2. The van der Waals surface area contributed by atoms with Crippen molar-refractivity contribution >= 4 is 32.8 Å². The zero-order valence-electron chi connectivity index (χ0n) is 22.7. The molecule has 0 fully saturated rings. The lowest BCUT2D eigenvalue weighted by Gasteiger charge is -2.24. The average Bonchev–Trinajstić information content (AvgIpc) is 2.90. The highest BCUT2D eigenvalue weighted by Crippen LogP contribution is 2.27. The number of rotatable bonds is 8. The normalized spacial score (nSPS) is 11.8. The number of aromatic nitrogens is 1. The van der Waals surface area contributed by atoms with Crippen molar-refractivity contribution in [2.24, 2.45) is 0 Å². The summed E-state index contributed by atoms with van der Waals surface area (Å²) >= 11 is 0. The molecule has 1 heterocycles. The molecule has 0 N–H and O–H groups in total. The van der Waals surface area contributed by atoms with Crippen molar-refractivity contribution in [2.75, 3.05) is 25.2 Å². The molecule has 4 rings (SSSR count). The lowest BCUT2D eigenvalue weighted by molar-refractivity contribution is 0.0589. The first-order valence-corrected chi connectivity index (χ1v) is 13.9. The van der Waals surface area contributed by atoms with Gasteiger partial charge in [-0.05, 0) is 81.3 Å². The molecule has 9 heteroatoms. The van der Waals surface area contributed by atoms with Crippen molar-refractivity contribution in [1.29, 1.82) is 0 Å². The van der Waals surface area contributed by atoms with Gasteiger partial charge in [0, 0.05) is 24.2 Å². The second-order valence-electron chi connectivity index (χ2n) is 10.1. The van der Waals surface area contributed by atoms with Crippen LogP contribution >= 0.6 is 0 Å². The van der Waals surface area contributed by atoms with Crippen molar-refractivity contribution in [3.8, 4) is 17.0 Å². The van der Waals surface area contributed by atoms with Crippen LogP contribution in [0, 0.1) is 6.92 Å². The maximum absolute atomic E-state index is 12.3. The Kier molecular flexibility index (Phi) is 8.22. The Hall–Kier alpha value is -3.95. The molecule has 1 aromatic heterocycles. The van der Waals surface area contributed by atoms with Crippen molar-refractivity contribution in [3.63, 3.8) is 0 Å². The third-order valence-electron chi connectivity index (χ3n) is 5.80. The molecule has 0 radical (unpaired) electrons. The molecule has 1 amide bonds. The van der Waals surface area contributed by atoms with Gasteiger partial charge in [0.05, 0.1) is 10.4 Å². The number of benzene rings is 3. The molecule has 204 valence electrons. The zero-order chi connectivity index (χ0) is 28.2. The molecule has 0 spiro atoms. The minimum atomic E-state index is -3.84. The van der Waals surface area contributed by atoms with Crippen molar-refractivity contribution in [1.82, 2.24) is 4.98 Å². The second-order valence-corrected chi connectivity index (χ2v) is 11.7. The van der Waals surface area contributed by atoms with Crippen LogP contribution in [0.4, 0.5) is 10.5 Å². The number of amides is 1. The Morgan fingerprint density at radius 3 is 2.21 bits per heavy atom. The minimum Gasteiger partial charge on any atom is -0.475 e. The molecule has 0 saturated carbocycles. The standard InChI is InChI=1S/C30H32N2O6S/c1-21-6-14-26(15-7-21)39(34,35)37-19-18-36-28-17-11-24-20-23(10-16-27(24)31-28)22-8-12-25(13-9-22)32(5)29(33)38-30(2,3)4/h6-17,20H,18-19H2,1-5H3. The fourth-order valence-corrected chi connectivity index (χ4v) is 4.64. The highest BCUT2D eigenvalue weighted by Gasteiger charge is 2.20. The van der Waals surface area contributed by atoms with E-state index in [1.807, 2.05) is 76.2 Å². The molecule has 0 aliphatic carbocycles. The van der Waals surface area contributed by atoms with Crippen LogP contribution in [0.2, 0.25) is 0 Å². The Bertz CT molecular complexity index is 1560. The Labute approximate surface area is 229 Å². The zero-order valence-corrected chi connectivity index (χ0v) is 23.5. The van der Waals surface area contributed by atoms with Crippen LogP contribution in [0.1, 0.15) is 26.3 Å². The third kappa shape index (κ3) is 7.34. The summed E-state index contributed by atoms with van der Waals surface area (Å²) in [6.45, 7) is 7.29. The number of hydrogen-bond donors (Lipinski definition) is 0. The van der Waals surface area contributed by atoms with Gasteiger partial charge in [-0.2, -0.15) is 8.42 Å². The Balaban J connectivity index is 1.37. The van der Waals surface area contributed by atoms with Gasteiger partial charge in [0.25, 0.3) is 10.1 Å². The van der Waals surface area contributed by atoms with Crippen LogP contribution in [0.5, 0.6) is 5.88 Å². The Morgan fingerprint density at radius 1 is 0.872 bits per heavy atom. The van der Waals surface area contributed by atoms with E-state index in [0.717, 1.165) is 33.3 Å². The SMILES string of the molecule is Cc1ccc(S(=O)(=O)OCCOc2ccc3cc(-c4ccc(N(C)C(=O)OC(C)(C)C)cc4)ccc3n2)cc1. The molecule has 8 nitrogen and oxygen atoms in total. The first-order chi connectivity index (χ1) is 18.4. The number of anilines is 1. The molecule has 0 unspecified atom stereocenters. The summed E-state index contributed by atoms with van der Waals surface area (Å²) in [6, 6.07) is 23.6. The molecular formula is C30H32N2O6S. The molecule has 0 bridgehead atoms. The largest absolute Gasteiger partial charge is 0.475 e. The lowest BCUT2D eigenvalue weighted by atomic mass is 10.0. The Morgan fingerprint density at radius 2 is 1.54 bits per heavy atom. The van der Waals surface area contributed by atoms with E-state index < -0.39 is 21.8 Å². The summed E-state index contributed by atoms with van der Waals surface area (Å²) in [5.41, 5.74) is 3.86. The van der Waals surface area contributed by atoms with Crippen LogP contribution in [0.15, 0.2) is 83.8 Å². The van der Waals surface area contributed by atoms with Gasteiger partial charge in [-0.3, -0.25) is 9.08 Å². The fraction of sp³-hybridized carbons (Fsp3) is 0.267. The minimum absolute atomic E-state index is 0.0335. The number of hydrogen-bond acceptors (Lipinski definition) is 7. The summed E-state index contributed by atoms with van der Waals surface area (Å²) < 4.78 is 40.7. The quantitative estimate of drug-likeness (QED) is 0.187. The van der Waals surface area contributed by atoms with Crippen LogP contribution in [-0.2, 0) is 19.0 Å². The number of ether oxygens (including phenoxy) is 2. The van der Waals surface area contributed by atoms with E-state index in [4.69, 9.17) is 13.7 Å². The van der Waals surface area contributed by atoms with E-state index in [9.17, 15) is 13.2 Å². The van der Waals surface area contributed by atoms with Crippen molar-refractivity contribution in [2.45, 2.75) is 38.2 Å². The van der Waals surface area contributed by atoms with E-state index in [-0.39, 0.29) is 18.1 Å². The number of carbonyl (C=O) groups excluding carboxylic acids is 1. The van der Waals surface area contributed by atoms with Crippen LogP contribution < -0.4 is 9.64 Å². The third-order valence-corrected chi connectivity index (χ3v) is 7.13. The number of nitrogens with zero attached hydrogens (tertiary/aromatic N) is 2. The van der Waals surface area contributed by atoms with E-state index >= 15 is 0 Å². The predicted octanol–water partition coefficient (Wildman–Crippen LogP) is 6.37. The van der Waals surface area contributed by atoms with E-state index in [1.165, 1.54) is 17.0 Å². The van der Waals surface area contributed by atoms with Crippen LogP contribution in [0.25, 0.3) is 22.0 Å². The van der Waals surface area contributed by atoms with E-state index in [2.05, 4.69) is 4.98 Å². The molecule has 0 saturated heterocycles. The number of aryl methyl sites for hydroxylation is 1. The molecule has 0 aliphatic heterocycles. The topological polar surface area (TPSA) is 95.0 Å². The van der Waals surface area contributed by atoms with Gasteiger partial charge in [0.1, 0.15) is 18.8 Å². The van der Waals surface area contributed by atoms with Gasteiger partial charge < -0.3 is 9.47 Å². The van der Waals surface area contributed by atoms with Gasteiger partial charge in [-0.15, -0.1) is 0 Å². The molecular weight excluding hydrogens is 516 g/mol. The number of pyridine rings is 1. The van der Waals surface area contributed by atoms with Gasteiger partial charge in [-0.1, -0.05) is 35.9 Å². The number of fused-ring (bicyclic) bond motifs is 1. The monoisotopic (exact) mass is 548 g/mol. The van der Waals surface area contributed by atoms with Gasteiger partial charge in [0.2, 0.25) is 5.88 Å². The molecule has 39 heavy (non-hydrogen) atoms. The lowest BCUT2D eigenvalue weighted by Crippen LogP contribution is -2.34. The molecule has 0 aliphatic rings. The number of carbonyl (C=O) groups is 1. The first kappa shape index (κ1) is 28.1. The van der Waals surface area contributed by atoms with Gasteiger partial charge >= 0.3 is 6.09 Å². The second kappa shape index (κ2) is 11.4. The average molecular weight is 549 g/mol. The molecule has 4 aromatic rings. The van der Waals surface area contributed by atoms with Gasteiger partial charge in [0.15, 0.2) is 0 Å². The van der Waals surface area contributed by atoms with Crippen LogP contribution in [-0.4, -0.2) is 45.4 Å². The maximum Gasteiger partial charge on any atom is 0.414 e.